The van der Waals surface area contributed by atoms with Crippen LogP contribution in [0.3, 0.4) is 0 Å². The van der Waals surface area contributed by atoms with Gasteiger partial charge in [0.05, 0.1) is 0 Å². The Morgan fingerprint density at radius 1 is 1.19 bits per heavy atom. The third-order valence-corrected chi connectivity index (χ3v) is 4.58. The molecule has 1 aromatic carbocycles. The second-order valence-electron chi connectivity index (χ2n) is 5.34. The van der Waals surface area contributed by atoms with Crippen LogP contribution in [0, 0.1) is 20.8 Å². The number of aryl methyl sites for hydroxylation is 2. The van der Waals surface area contributed by atoms with E-state index >= 15 is 0 Å². The molecule has 0 aliphatic heterocycles. The summed E-state index contributed by atoms with van der Waals surface area (Å²) in [6.07, 6.45) is 0.809. The Balaban J connectivity index is 2.36. The van der Waals surface area contributed by atoms with Crippen molar-refractivity contribution in [1.29, 1.82) is 0 Å². The predicted octanol–water partition coefficient (Wildman–Crippen LogP) is 4.10. The van der Waals surface area contributed by atoms with Gasteiger partial charge in [0.15, 0.2) is 5.16 Å². The van der Waals surface area contributed by atoms with E-state index in [0.717, 1.165) is 33.4 Å². The van der Waals surface area contributed by atoms with Crippen molar-refractivity contribution in [3.63, 3.8) is 0 Å². The average molecular weight is 322 g/mol. The van der Waals surface area contributed by atoms with Gasteiger partial charge in [-0.15, -0.1) is 0 Å². The lowest BCUT2D eigenvalue weighted by Crippen LogP contribution is -2.18. The van der Waals surface area contributed by atoms with Gasteiger partial charge < -0.3 is 5.73 Å². The fraction of sp³-hybridized carbons (Fsp3) is 0.375. The highest BCUT2D eigenvalue weighted by Gasteiger charge is 2.11. The van der Waals surface area contributed by atoms with Crippen LogP contribution in [0.2, 0.25) is 5.02 Å². The second-order valence-corrected chi connectivity index (χ2v) is 6.78. The molecule has 0 aliphatic carbocycles. The van der Waals surface area contributed by atoms with Crippen LogP contribution in [-0.4, -0.2) is 16.0 Å². The van der Waals surface area contributed by atoms with Crippen molar-refractivity contribution in [2.75, 3.05) is 0 Å². The molecular formula is C16H20ClN3S. The minimum atomic E-state index is 0.105. The lowest BCUT2D eigenvalue weighted by molar-refractivity contribution is 0.729. The fourth-order valence-corrected chi connectivity index (χ4v) is 3.29. The molecule has 0 bridgehead atoms. The zero-order chi connectivity index (χ0) is 15.6. The SMILES string of the molecule is Cc1nc(Sc2cc(Cl)ccc2CC(C)N)nc(C)c1C. The van der Waals surface area contributed by atoms with Gasteiger partial charge in [0.2, 0.25) is 0 Å². The molecule has 2 rings (SSSR count). The summed E-state index contributed by atoms with van der Waals surface area (Å²) in [6, 6.07) is 5.99. The van der Waals surface area contributed by atoms with Crippen molar-refractivity contribution >= 4 is 23.4 Å². The van der Waals surface area contributed by atoms with Gasteiger partial charge in [0, 0.05) is 27.3 Å². The first kappa shape index (κ1) is 16.3. The van der Waals surface area contributed by atoms with E-state index in [1.165, 1.54) is 5.56 Å². The quantitative estimate of drug-likeness (QED) is 0.861. The van der Waals surface area contributed by atoms with Crippen molar-refractivity contribution < 1.29 is 0 Å². The van der Waals surface area contributed by atoms with Crippen molar-refractivity contribution in [3.8, 4) is 0 Å². The maximum atomic E-state index is 6.12. The molecule has 5 heteroatoms. The number of rotatable bonds is 4. The van der Waals surface area contributed by atoms with E-state index in [9.17, 15) is 0 Å². The zero-order valence-electron chi connectivity index (χ0n) is 12.8. The molecular weight excluding hydrogens is 302 g/mol. The van der Waals surface area contributed by atoms with E-state index in [4.69, 9.17) is 17.3 Å². The molecule has 0 saturated heterocycles. The van der Waals surface area contributed by atoms with E-state index in [2.05, 4.69) is 9.97 Å². The van der Waals surface area contributed by atoms with Gasteiger partial charge in [-0.25, -0.2) is 9.97 Å². The highest BCUT2D eigenvalue weighted by Crippen LogP contribution is 2.31. The van der Waals surface area contributed by atoms with Crippen molar-refractivity contribution in [2.45, 2.75) is 50.2 Å². The molecule has 1 atom stereocenters. The number of benzene rings is 1. The van der Waals surface area contributed by atoms with E-state index < -0.39 is 0 Å². The summed E-state index contributed by atoms with van der Waals surface area (Å²) in [6.45, 7) is 8.06. The molecule has 0 radical (unpaired) electrons. The summed E-state index contributed by atoms with van der Waals surface area (Å²) in [5, 5.41) is 1.47. The minimum Gasteiger partial charge on any atom is -0.328 e. The van der Waals surface area contributed by atoms with Crippen molar-refractivity contribution in [2.24, 2.45) is 5.73 Å². The van der Waals surface area contributed by atoms with Crippen LogP contribution in [0.15, 0.2) is 28.3 Å². The topological polar surface area (TPSA) is 51.8 Å². The lowest BCUT2D eigenvalue weighted by atomic mass is 10.1. The van der Waals surface area contributed by atoms with Gasteiger partial charge in [-0.1, -0.05) is 17.7 Å². The first-order valence-corrected chi connectivity index (χ1v) is 8.10. The summed E-state index contributed by atoms with van der Waals surface area (Å²) < 4.78 is 0. The zero-order valence-corrected chi connectivity index (χ0v) is 14.3. The number of nitrogens with zero attached hydrogens (tertiary/aromatic N) is 2. The Morgan fingerprint density at radius 2 is 1.81 bits per heavy atom. The van der Waals surface area contributed by atoms with Gasteiger partial charge in [0.25, 0.3) is 0 Å². The molecule has 2 aromatic rings. The summed E-state index contributed by atoms with van der Waals surface area (Å²) in [4.78, 5) is 10.2. The Bertz CT molecular complexity index is 633. The summed E-state index contributed by atoms with van der Waals surface area (Å²) >= 11 is 7.67. The van der Waals surface area contributed by atoms with E-state index in [-0.39, 0.29) is 6.04 Å². The van der Waals surface area contributed by atoms with E-state index in [1.54, 1.807) is 11.8 Å². The standard InChI is InChI=1S/C16H20ClN3S/c1-9(18)7-13-5-6-14(17)8-15(13)21-16-19-11(3)10(2)12(4)20-16/h5-6,8-9H,7,18H2,1-4H3. The minimum absolute atomic E-state index is 0.105. The third kappa shape index (κ3) is 4.19. The molecule has 0 aliphatic rings. The van der Waals surface area contributed by atoms with E-state index in [1.807, 2.05) is 45.9 Å². The van der Waals surface area contributed by atoms with Gasteiger partial charge in [-0.3, -0.25) is 0 Å². The number of nitrogens with two attached hydrogens (primary N) is 1. The molecule has 0 saturated carbocycles. The van der Waals surface area contributed by atoms with Crippen LogP contribution in [0.5, 0.6) is 0 Å². The number of hydrogen-bond donors (Lipinski definition) is 1. The third-order valence-electron chi connectivity index (χ3n) is 3.38. The average Bonchev–Trinajstić information content (AvgIpc) is 2.38. The molecule has 1 unspecified atom stereocenters. The second kappa shape index (κ2) is 6.77. The largest absolute Gasteiger partial charge is 0.328 e. The summed E-state index contributed by atoms with van der Waals surface area (Å²) in [7, 11) is 0. The first-order chi connectivity index (χ1) is 9.86. The molecule has 2 N–H and O–H groups in total. The Kier molecular flexibility index (Phi) is 5.25. The summed E-state index contributed by atoms with van der Waals surface area (Å²) in [5.74, 6) is 0. The Labute approximate surface area is 135 Å². The van der Waals surface area contributed by atoms with Crippen LogP contribution in [-0.2, 0) is 6.42 Å². The maximum absolute atomic E-state index is 6.12. The van der Waals surface area contributed by atoms with Crippen LogP contribution < -0.4 is 5.73 Å². The van der Waals surface area contributed by atoms with Crippen LogP contribution >= 0.6 is 23.4 Å². The molecule has 3 nitrogen and oxygen atoms in total. The van der Waals surface area contributed by atoms with Crippen molar-refractivity contribution in [1.82, 2.24) is 9.97 Å². The Hall–Kier alpha value is -1.10. The molecule has 0 fully saturated rings. The molecule has 21 heavy (non-hydrogen) atoms. The first-order valence-electron chi connectivity index (χ1n) is 6.90. The number of aromatic nitrogens is 2. The Morgan fingerprint density at radius 3 is 2.38 bits per heavy atom. The predicted molar refractivity (Wildman–Crippen MR) is 89.2 cm³/mol. The van der Waals surface area contributed by atoms with Crippen LogP contribution in [0.25, 0.3) is 0 Å². The van der Waals surface area contributed by atoms with Crippen LogP contribution in [0.1, 0.15) is 29.4 Å². The molecule has 1 heterocycles. The smallest absolute Gasteiger partial charge is 0.192 e. The monoisotopic (exact) mass is 321 g/mol. The highest BCUT2D eigenvalue weighted by molar-refractivity contribution is 7.99. The van der Waals surface area contributed by atoms with Gasteiger partial charge >= 0.3 is 0 Å². The number of halogens is 1. The maximum Gasteiger partial charge on any atom is 0.192 e. The molecule has 1 aromatic heterocycles. The van der Waals surface area contributed by atoms with Gasteiger partial charge in [-0.05, 0) is 69.1 Å². The molecule has 0 spiro atoms. The van der Waals surface area contributed by atoms with Gasteiger partial charge in [-0.2, -0.15) is 0 Å². The fourth-order valence-electron chi connectivity index (χ4n) is 2.02. The highest BCUT2D eigenvalue weighted by atomic mass is 35.5. The van der Waals surface area contributed by atoms with Crippen molar-refractivity contribution in [3.05, 3.63) is 45.7 Å². The number of hydrogen-bond acceptors (Lipinski definition) is 4. The summed E-state index contributed by atoms with van der Waals surface area (Å²) in [5.41, 5.74) is 10.3. The molecule has 112 valence electrons. The lowest BCUT2D eigenvalue weighted by Gasteiger charge is -2.12. The van der Waals surface area contributed by atoms with Crippen LogP contribution in [0.4, 0.5) is 0 Å². The molecule has 0 amide bonds. The normalized spacial score (nSPS) is 12.5. The van der Waals surface area contributed by atoms with E-state index in [0.29, 0.717) is 5.02 Å². The van der Waals surface area contributed by atoms with Gasteiger partial charge in [0.1, 0.15) is 0 Å².